The van der Waals surface area contributed by atoms with Crippen LogP contribution in [0.2, 0.25) is 0 Å². The van der Waals surface area contributed by atoms with Gasteiger partial charge in [0.05, 0.1) is 18.0 Å². The van der Waals surface area contributed by atoms with Crippen molar-refractivity contribution in [1.29, 1.82) is 0 Å². The smallest absolute Gasteiger partial charge is 0.251 e. The van der Waals surface area contributed by atoms with Gasteiger partial charge in [-0.1, -0.05) is 13.8 Å². The molecule has 0 spiro atoms. The average Bonchev–Trinajstić information content (AvgIpc) is 3.47. The van der Waals surface area contributed by atoms with Crippen molar-refractivity contribution in [2.45, 2.75) is 83.3 Å². The summed E-state index contributed by atoms with van der Waals surface area (Å²) in [6, 6.07) is 5.73. The first-order valence-electron chi connectivity index (χ1n) is 15.3. The number of likely N-dealkylation sites (tertiary alicyclic amines) is 2. The number of anilines is 1. The van der Waals surface area contributed by atoms with E-state index < -0.39 is 12.1 Å². The molecule has 0 aromatic heterocycles. The molecule has 1 aromatic rings. The maximum atomic E-state index is 14.1. The standard InChI is InChI=1S/C32H44N4O4/c1-19(2)11-25(33-29(38)23-5-7-24(8-6-23)34(3)4)30(39)35-10-9-26-28(35)27(37)18-36(26)31(40)32-15-20-12-21(16-32)14-22(13-20)17-32/h5-8,19-22,25-26,28H,9-18H2,1-4H3,(H,33,38)/t20?,21?,22?,25-,26+,28-,32?/m0/s1. The van der Waals surface area contributed by atoms with Crippen molar-refractivity contribution in [3.63, 3.8) is 0 Å². The zero-order valence-electron chi connectivity index (χ0n) is 24.4. The molecule has 216 valence electrons. The molecule has 1 aromatic carbocycles. The van der Waals surface area contributed by atoms with Gasteiger partial charge in [0, 0.05) is 31.9 Å². The molecule has 8 nitrogen and oxygen atoms in total. The number of amides is 3. The molecule has 8 heteroatoms. The maximum Gasteiger partial charge on any atom is 0.251 e. The normalized spacial score (nSPS) is 32.9. The summed E-state index contributed by atoms with van der Waals surface area (Å²) in [6.45, 7) is 4.60. The van der Waals surface area contributed by atoms with Crippen LogP contribution in [0.4, 0.5) is 5.69 Å². The number of benzene rings is 1. The summed E-state index contributed by atoms with van der Waals surface area (Å²) in [7, 11) is 3.88. The van der Waals surface area contributed by atoms with Crippen LogP contribution in [0.15, 0.2) is 24.3 Å². The molecule has 0 unspecified atom stereocenters. The molecule has 6 fully saturated rings. The number of ketones is 1. The van der Waals surface area contributed by atoms with Gasteiger partial charge >= 0.3 is 0 Å². The highest BCUT2D eigenvalue weighted by atomic mass is 16.2. The molecule has 7 rings (SSSR count). The molecule has 40 heavy (non-hydrogen) atoms. The second kappa shape index (κ2) is 10.2. The summed E-state index contributed by atoms with van der Waals surface area (Å²) in [4.78, 5) is 60.1. The number of Topliss-reactive ketones (excluding diaryl/α,β-unsaturated/α-hetero) is 1. The molecule has 2 heterocycles. The lowest BCUT2D eigenvalue weighted by atomic mass is 9.49. The zero-order valence-corrected chi connectivity index (χ0v) is 24.4. The molecular weight excluding hydrogens is 504 g/mol. The van der Waals surface area contributed by atoms with Crippen LogP contribution in [-0.4, -0.2) is 78.6 Å². The number of nitrogens with zero attached hydrogens (tertiary/aromatic N) is 3. The summed E-state index contributed by atoms with van der Waals surface area (Å²) in [5.74, 6) is 1.78. The SMILES string of the molecule is CC(C)C[C@H](NC(=O)c1ccc(N(C)C)cc1)C(=O)N1CC[C@@H]2[C@H]1C(=O)CN2C(=O)C12CC3CC(CC(C3)C1)C2. The molecule has 4 saturated carbocycles. The van der Waals surface area contributed by atoms with E-state index in [1.54, 1.807) is 17.0 Å². The molecule has 4 bridgehead atoms. The Morgan fingerprint density at radius 2 is 1.57 bits per heavy atom. The van der Waals surface area contributed by atoms with E-state index in [2.05, 4.69) is 5.32 Å². The Hall–Kier alpha value is -2.90. The van der Waals surface area contributed by atoms with E-state index in [0.29, 0.717) is 42.7 Å². The monoisotopic (exact) mass is 548 g/mol. The van der Waals surface area contributed by atoms with Crippen LogP contribution in [0, 0.1) is 29.1 Å². The van der Waals surface area contributed by atoms with Crippen molar-refractivity contribution in [2.24, 2.45) is 29.1 Å². The van der Waals surface area contributed by atoms with E-state index in [1.807, 2.05) is 49.9 Å². The van der Waals surface area contributed by atoms with Crippen LogP contribution in [0.1, 0.15) is 75.6 Å². The van der Waals surface area contributed by atoms with E-state index in [-0.39, 0.29) is 47.4 Å². The first-order valence-corrected chi connectivity index (χ1v) is 15.3. The molecule has 3 amide bonds. The lowest BCUT2D eigenvalue weighted by Gasteiger charge is -2.56. The fraction of sp³-hybridized carbons (Fsp3) is 0.688. The van der Waals surface area contributed by atoms with Gasteiger partial charge in [-0.3, -0.25) is 19.2 Å². The summed E-state index contributed by atoms with van der Waals surface area (Å²) >= 11 is 0. The number of carbonyl (C=O) groups excluding carboxylic acids is 4. The largest absolute Gasteiger partial charge is 0.378 e. The minimum absolute atomic E-state index is 0.0390. The first kappa shape index (κ1) is 27.3. The summed E-state index contributed by atoms with van der Waals surface area (Å²) < 4.78 is 0. The number of hydrogen-bond donors (Lipinski definition) is 1. The highest BCUT2D eigenvalue weighted by molar-refractivity contribution is 6.01. The number of carbonyl (C=O) groups is 4. The number of fused-ring (bicyclic) bond motifs is 1. The van der Waals surface area contributed by atoms with Crippen LogP contribution in [-0.2, 0) is 14.4 Å². The lowest BCUT2D eigenvalue weighted by molar-refractivity contribution is -0.159. The van der Waals surface area contributed by atoms with Gasteiger partial charge in [-0.2, -0.15) is 0 Å². The fourth-order valence-corrected chi connectivity index (χ4v) is 9.06. The first-order chi connectivity index (χ1) is 19.0. The maximum absolute atomic E-state index is 14.1. The summed E-state index contributed by atoms with van der Waals surface area (Å²) in [5.41, 5.74) is 1.19. The molecule has 3 atom stereocenters. The second-order valence-electron chi connectivity index (χ2n) is 14.0. The summed E-state index contributed by atoms with van der Waals surface area (Å²) in [6.07, 6.45) is 7.82. The topological polar surface area (TPSA) is 90.0 Å². The predicted octanol–water partition coefficient (Wildman–Crippen LogP) is 3.49. The van der Waals surface area contributed by atoms with Crippen molar-refractivity contribution >= 4 is 29.2 Å². The quantitative estimate of drug-likeness (QED) is 0.564. The van der Waals surface area contributed by atoms with E-state index in [0.717, 1.165) is 24.9 Å². The molecule has 4 aliphatic carbocycles. The molecule has 2 aliphatic heterocycles. The average molecular weight is 549 g/mol. The molecule has 2 saturated heterocycles. The lowest BCUT2D eigenvalue weighted by Crippen LogP contribution is -2.56. The number of nitrogens with one attached hydrogen (secondary N) is 1. The third-order valence-electron chi connectivity index (χ3n) is 10.4. The van der Waals surface area contributed by atoms with Gasteiger partial charge in [0.15, 0.2) is 5.78 Å². The third kappa shape index (κ3) is 4.71. The Labute approximate surface area is 237 Å². The number of hydrogen-bond acceptors (Lipinski definition) is 5. The van der Waals surface area contributed by atoms with Crippen molar-refractivity contribution in [3.8, 4) is 0 Å². The summed E-state index contributed by atoms with van der Waals surface area (Å²) in [5, 5.41) is 2.97. The fourth-order valence-electron chi connectivity index (χ4n) is 9.06. The van der Waals surface area contributed by atoms with Gasteiger partial charge in [-0.25, -0.2) is 0 Å². The third-order valence-corrected chi connectivity index (χ3v) is 10.4. The molecule has 1 N–H and O–H groups in total. The van der Waals surface area contributed by atoms with E-state index in [4.69, 9.17) is 0 Å². The zero-order chi connectivity index (χ0) is 28.3. The second-order valence-corrected chi connectivity index (χ2v) is 14.0. The Balaban J connectivity index is 1.17. The van der Waals surface area contributed by atoms with Gasteiger partial charge < -0.3 is 20.0 Å². The predicted molar refractivity (Wildman–Crippen MR) is 153 cm³/mol. The Bertz CT molecular complexity index is 1160. The van der Waals surface area contributed by atoms with Crippen LogP contribution in [0.5, 0.6) is 0 Å². The van der Waals surface area contributed by atoms with Gasteiger partial charge in [-0.15, -0.1) is 0 Å². The minimum Gasteiger partial charge on any atom is -0.378 e. The Morgan fingerprint density at radius 3 is 2.12 bits per heavy atom. The van der Waals surface area contributed by atoms with E-state index >= 15 is 0 Å². The van der Waals surface area contributed by atoms with Crippen molar-refractivity contribution in [2.75, 3.05) is 32.1 Å². The van der Waals surface area contributed by atoms with Crippen LogP contribution in [0.25, 0.3) is 0 Å². The molecular formula is C32H44N4O4. The highest BCUT2D eigenvalue weighted by Crippen LogP contribution is 2.61. The molecule has 6 aliphatic rings. The van der Waals surface area contributed by atoms with Crippen LogP contribution < -0.4 is 10.2 Å². The van der Waals surface area contributed by atoms with Gasteiger partial charge in [0.1, 0.15) is 12.1 Å². The van der Waals surface area contributed by atoms with Crippen molar-refractivity contribution < 1.29 is 19.2 Å². The van der Waals surface area contributed by atoms with Gasteiger partial charge in [0.25, 0.3) is 5.91 Å². The Morgan fingerprint density at radius 1 is 0.975 bits per heavy atom. The molecule has 0 radical (unpaired) electrons. The van der Waals surface area contributed by atoms with Gasteiger partial charge in [-0.05, 0) is 99.3 Å². The minimum atomic E-state index is -0.722. The van der Waals surface area contributed by atoms with E-state index in [1.165, 1.54) is 19.3 Å². The van der Waals surface area contributed by atoms with Crippen LogP contribution >= 0.6 is 0 Å². The van der Waals surface area contributed by atoms with Gasteiger partial charge in [0.2, 0.25) is 11.8 Å². The van der Waals surface area contributed by atoms with Crippen molar-refractivity contribution in [1.82, 2.24) is 15.1 Å². The van der Waals surface area contributed by atoms with E-state index in [9.17, 15) is 19.2 Å². The Kier molecular flexibility index (Phi) is 6.94. The van der Waals surface area contributed by atoms with Crippen LogP contribution in [0.3, 0.4) is 0 Å². The van der Waals surface area contributed by atoms with Crippen molar-refractivity contribution in [3.05, 3.63) is 29.8 Å². The number of rotatable bonds is 7. The highest BCUT2D eigenvalue weighted by Gasteiger charge is 2.59.